The van der Waals surface area contributed by atoms with E-state index in [1.807, 2.05) is 11.8 Å². The molecule has 0 radical (unpaired) electrons. The highest BCUT2D eigenvalue weighted by atomic mass is 16.5. The summed E-state index contributed by atoms with van der Waals surface area (Å²) in [5, 5.41) is 3.48. The Labute approximate surface area is 110 Å². The predicted octanol–water partition coefficient (Wildman–Crippen LogP) is 1.54. The molecule has 1 N–H and O–H groups in total. The van der Waals surface area contributed by atoms with E-state index >= 15 is 0 Å². The number of nitrogens with zero attached hydrogens (tertiary/aromatic N) is 1. The Morgan fingerprint density at radius 2 is 1.89 bits per heavy atom. The molecule has 2 aliphatic rings. The van der Waals surface area contributed by atoms with E-state index in [1.165, 1.54) is 12.8 Å². The summed E-state index contributed by atoms with van der Waals surface area (Å²) in [6, 6.07) is 0.258. The third-order valence-electron chi connectivity index (χ3n) is 4.26. The first-order valence-electron chi connectivity index (χ1n) is 7.30. The standard InChI is InChI=1S/C14H26N2O2/c1-11(14(17)16-9-5-6-10-16)15-12-7-3-4-8-13(12)18-2/h11-13,15H,3-10H2,1-2H3. The zero-order valence-electron chi connectivity index (χ0n) is 11.7. The zero-order valence-corrected chi connectivity index (χ0v) is 11.7. The first-order valence-corrected chi connectivity index (χ1v) is 7.30. The Kier molecular flexibility index (Phi) is 5.01. The molecule has 0 spiro atoms. The SMILES string of the molecule is COC1CCCCC1NC(C)C(=O)N1CCCC1. The van der Waals surface area contributed by atoms with Gasteiger partial charge in [0, 0.05) is 26.2 Å². The summed E-state index contributed by atoms with van der Waals surface area (Å²) in [5.41, 5.74) is 0. The number of rotatable bonds is 4. The minimum atomic E-state index is -0.0798. The van der Waals surface area contributed by atoms with Crippen molar-refractivity contribution in [3.63, 3.8) is 0 Å². The molecule has 0 aromatic carbocycles. The highest BCUT2D eigenvalue weighted by Gasteiger charge is 2.29. The van der Waals surface area contributed by atoms with Gasteiger partial charge in [0.2, 0.25) is 5.91 Å². The van der Waals surface area contributed by atoms with Crippen LogP contribution in [0.25, 0.3) is 0 Å². The molecule has 3 atom stereocenters. The fraction of sp³-hybridized carbons (Fsp3) is 0.929. The fourth-order valence-corrected chi connectivity index (χ4v) is 3.17. The molecular weight excluding hydrogens is 228 g/mol. The molecule has 1 aliphatic carbocycles. The lowest BCUT2D eigenvalue weighted by Crippen LogP contribution is -2.52. The van der Waals surface area contributed by atoms with Gasteiger partial charge in [-0.25, -0.2) is 0 Å². The molecule has 1 heterocycles. The topological polar surface area (TPSA) is 41.6 Å². The lowest BCUT2D eigenvalue weighted by molar-refractivity contribution is -0.132. The van der Waals surface area contributed by atoms with Crippen molar-refractivity contribution in [3.8, 4) is 0 Å². The van der Waals surface area contributed by atoms with Crippen LogP contribution in [0.5, 0.6) is 0 Å². The molecule has 0 aromatic rings. The van der Waals surface area contributed by atoms with E-state index in [2.05, 4.69) is 5.32 Å². The van der Waals surface area contributed by atoms with Gasteiger partial charge in [0.15, 0.2) is 0 Å². The van der Waals surface area contributed by atoms with Crippen molar-refractivity contribution in [2.45, 2.75) is 63.6 Å². The molecule has 1 amide bonds. The Hall–Kier alpha value is -0.610. The van der Waals surface area contributed by atoms with E-state index in [9.17, 15) is 4.79 Å². The average Bonchev–Trinajstić information content (AvgIpc) is 2.92. The number of carbonyl (C=O) groups excluding carboxylic acids is 1. The Morgan fingerprint density at radius 1 is 1.22 bits per heavy atom. The maximum Gasteiger partial charge on any atom is 0.239 e. The number of likely N-dealkylation sites (tertiary alicyclic amines) is 1. The van der Waals surface area contributed by atoms with Gasteiger partial charge in [0.05, 0.1) is 12.1 Å². The summed E-state index contributed by atoms with van der Waals surface area (Å²) in [5.74, 6) is 0.257. The summed E-state index contributed by atoms with van der Waals surface area (Å²) < 4.78 is 5.52. The highest BCUT2D eigenvalue weighted by molar-refractivity contribution is 5.81. The maximum atomic E-state index is 12.2. The van der Waals surface area contributed by atoms with Crippen LogP contribution in [-0.4, -0.2) is 49.2 Å². The number of ether oxygens (including phenoxy) is 1. The summed E-state index contributed by atoms with van der Waals surface area (Å²) in [7, 11) is 1.78. The quantitative estimate of drug-likeness (QED) is 0.827. The number of hydrogen-bond donors (Lipinski definition) is 1. The van der Waals surface area contributed by atoms with Crippen LogP contribution < -0.4 is 5.32 Å². The van der Waals surface area contributed by atoms with Crippen LogP contribution in [-0.2, 0) is 9.53 Å². The molecule has 104 valence electrons. The molecule has 1 saturated carbocycles. The first kappa shape index (κ1) is 13.8. The van der Waals surface area contributed by atoms with E-state index in [4.69, 9.17) is 4.74 Å². The van der Waals surface area contributed by atoms with Gasteiger partial charge in [0.1, 0.15) is 0 Å². The average molecular weight is 254 g/mol. The number of hydrogen-bond acceptors (Lipinski definition) is 3. The lowest BCUT2D eigenvalue weighted by Gasteiger charge is -2.34. The van der Waals surface area contributed by atoms with Crippen molar-refractivity contribution in [1.29, 1.82) is 0 Å². The van der Waals surface area contributed by atoms with Crippen molar-refractivity contribution in [3.05, 3.63) is 0 Å². The number of methoxy groups -OCH3 is 1. The minimum Gasteiger partial charge on any atom is -0.380 e. The van der Waals surface area contributed by atoms with Gasteiger partial charge in [0.25, 0.3) is 0 Å². The summed E-state index contributed by atoms with van der Waals surface area (Å²) in [6.07, 6.45) is 7.29. The van der Waals surface area contributed by atoms with E-state index in [1.54, 1.807) is 7.11 Å². The molecule has 0 bridgehead atoms. The third-order valence-corrected chi connectivity index (χ3v) is 4.26. The predicted molar refractivity (Wildman–Crippen MR) is 71.5 cm³/mol. The van der Waals surface area contributed by atoms with Crippen molar-refractivity contribution < 1.29 is 9.53 Å². The smallest absolute Gasteiger partial charge is 0.239 e. The molecule has 18 heavy (non-hydrogen) atoms. The van der Waals surface area contributed by atoms with E-state index in [0.717, 1.165) is 38.8 Å². The van der Waals surface area contributed by atoms with Crippen molar-refractivity contribution >= 4 is 5.91 Å². The third kappa shape index (κ3) is 3.23. The highest BCUT2D eigenvalue weighted by Crippen LogP contribution is 2.21. The van der Waals surface area contributed by atoms with Gasteiger partial charge in [-0.1, -0.05) is 12.8 Å². The summed E-state index contributed by atoms with van der Waals surface area (Å²) >= 11 is 0. The zero-order chi connectivity index (χ0) is 13.0. The van der Waals surface area contributed by atoms with Crippen LogP contribution in [0.2, 0.25) is 0 Å². The second-order valence-electron chi connectivity index (χ2n) is 5.59. The van der Waals surface area contributed by atoms with Gasteiger partial charge >= 0.3 is 0 Å². The second-order valence-corrected chi connectivity index (χ2v) is 5.59. The normalized spacial score (nSPS) is 30.4. The number of nitrogens with one attached hydrogen (secondary N) is 1. The Balaban J connectivity index is 1.84. The Morgan fingerprint density at radius 3 is 2.56 bits per heavy atom. The summed E-state index contributed by atoms with van der Waals surface area (Å²) in [6.45, 7) is 3.86. The number of carbonyl (C=O) groups is 1. The maximum absolute atomic E-state index is 12.2. The lowest BCUT2D eigenvalue weighted by atomic mass is 9.92. The first-order chi connectivity index (χ1) is 8.72. The van der Waals surface area contributed by atoms with Crippen LogP contribution in [0.4, 0.5) is 0 Å². The van der Waals surface area contributed by atoms with Gasteiger partial charge in [-0.15, -0.1) is 0 Å². The van der Waals surface area contributed by atoms with Crippen LogP contribution in [0, 0.1) is 0 Å². The van der Waals surface area contributed by atoms with Gasteiger partial charge in [-0.05, 0) is 32.6 Å². The van der Waals surface area contributed by atoms with Crippen molar-refractivity contribution in [2.24, 2.45) is 0 Å². The fourth-order valence-electron chi connectivity index (χ4n) is 3.17. The van der Waals surface area contributed by atoms with Gasteiger partial charge < -0.3 is 15.0 Å². The molecule has 4 heteroatoms. The van der Waals surface area contributed by atoms with Crippen molar-refractivity contribution in [1.82, 2.24) is 10.2 Å². The molecule has 1 aliphatic heterocycles. The van der Waals surface area contributed by atoms with Crippen LogP contribution in [0.15, 0.2) is 0 Å². The second kappa shape index (κ2) is 6.53. The van der Waals surface area contributed by atoms with Crippen LogP contribution in [0.1, 0.15) is 45.4 Å². The molecule has 2 rings (SSSR count). The number of amides is 1. The molecule has 3 unspecified atom stereocenters. The Bertz CT molecular complexity index is 277. The largest absolute Gasteiger partial charge is 0.380 e. The molecule has 4 nitrogen and oxygen atoms in total. The molecule has 1 saturated heterocycles. The molecular formula is C14H26N2O2. The van der Waals surface area contributed by atoms with Gasteiger partial charge in [-0.3, -0.25) is 4.79 Å². The van der Waals surface area contributed by atoms with Crippen LogP contribution in [0.3, 0.4) is 0 Å². The van der Waals surface area contributed by atoms with Crippen LogP contribution >= 0.6 is 0 Å². The van der Waals surface area contributed by atoms with Gasteiger partial charge in [-0.2, -0.15) is 0 Å². The minimum absolute atomic E-state index is 0.0798. The van der Waals surface area contributed by atoms with Crippen molar-refractivity contribution in [2.75, 3.05) is 20.2 Å². The molecule has 0 aromatic heterocycles. The van der Waals surface area contributed by atoms with E-state index < -0.39 is 0 Å². The molecule has 2 fully saturated rings. The van der Waals surface area contributed by atoms with E-state index in [-0.39, 0.29) is 18.1 Å². The van der Waals surface area contributed by atoms with E-state index in [0.29, 0.717) is 6.04 Å². The summed E-state index contributed by atoms with van der Waals surface area (Å²) in [4.78, 5) is 14.2. The monoisotopic (exact) mass is 254 g/mol.